The molecule has 2 amide bonds. The van der Waals surface area contributed by atoms with Gasteiger partial charge in [-0.25, -0.2) is 4.39 Å². The number of carbonyl (C=O) groups excluding carboxylic acids is 2. The number of likely N-dealkylation sites (N-methyl/N-ethyl adjacent to an activating group) is 1. The Morgan fingerprint density at radius 3 is 2.37 bits per heavy atom. The second-order valence-electron chi connectivity index (χ2n) is 9.56. The Hall–Kier alpha value is -2.35. The Morgan fingerprint density at radius 1 is 0.971 bits per heavy atom. The maximum Gasteiger partial charge on any atom is 0.253 e. The Bertz CT molecular complexity index is 1060. The lowest BCUT2D eigenvalue weighted by molar-refractivity contribution is -0.137. The predicted molar refractivity (Wildman–Crippen MR) is 135 cm³/mol. The van der Waals surface area contributed by atoms with Gasteiger partial charge in [0.05, 0.1) is 16.7 Å². The lowest BCUT2D eigenvalue weighted by Crippen LogP contribution is -2.53. The number of nitrogens with zero attached hydrogens (tertiary/aromatic N) is 3. The SMILES string of the molecule is CN1CCN(C(=O)C[C@]2(COc3ccc(F)cc3)CCCN(C(=O)c3ccc(Cl)c(Cl)c3)C2)CC1. The summed E-state index contributed by atoms with van der Waals surface area (Å²) in [5.74, 6) is 0.116. The molecule has 2 aliphatic heterocycles. The normalized spacial score (nSPS) is 21.1. The number of likely N-dealkylation sites (tertiary alicyclic amines) is 1. The molecule has 2 heterocycles. The summed E-state index contributed by atoms with van der Waals surface area (Å²) in [6, 6.07) is 10.7. The molecule has 6 nitrogen and oxygen atoms in total. The number of rotatable bonds is 6. The number of hydrogen-bond acceptors (Lipinski definition) is 4. The third kappa shape index (κ3) is 6.46. The van der Waals surface area contributed by atoms with Crippen molar-refractivity contribution in [3.8, 4) is 5.75 Å². The zero-order chi connectivity index (χ0) is 25.0. The van der Waals surface area contributed by atoms with Crippen LogP contribution in [0, 0.1) is 11.2 Å². The number of carbonyl (C=O) groups is 2. The molecule has 9 heteroatoms. The first-order chi connectivity index (χ1) is 16.7. The number of benzene rings is 2. The molecule has 2 fully saturated rings. The molecule has 0 spiro atoms. The van der Waals surface area contributed by atoms with Crippen molar-refractivity contribution in [3.05, 3.63) is 63.9 Å². The van der Waals surface area contributed by atoms with Crippen molar-refractivity contribution in [2.75, 3.05) is 52.9 Å². The molecule has 0 N–H and O–H groups in total. The van der Waals surface area contributed by atoms with Crippen LogP contribution < -0.4 is 4.74 Å². The van der Waals surface area contributed by atoms with Crippen LogP contribution in [0.5, 0.6) is 5.75 Å². The minimum absolute atomic E-state index is 0.0737. The van der Waals surface area contributed by atoms with Crippen molar-refractivity contribution in [2.24, 2.45) is 5.41 Å². The van der Waals surface area contributed by atoms with E-state index in [0.29, 0.717) is 47.5 Å². The second-order valence-corrected chi connectivity index (χ2v) is 10.4. The highest BCUT2D eigenvalue weighted by Crippen LogP contribution is 2.36. The number of halogens is 3. The number of ether oxygens (including phenoxy) is 1. The van der Waals surface area contributed by atoms with Crippen molar-refractivity contribution in [1.82, 2.24) is 14.7 Å². The molecule has 2 aliphatic rings. The maximum atomic E-state index is 13.3. The molecule has 2 aromatic rings. The van der Waals surface area contributed by atoms with Crippen molar-refractivity contribution < 1.29 is 18.7 Å². The van der Waals surface area contributed by atoms with Crippen LogP contribution in [0.2, 0.25) is 10.0 Å². The van der Waals surface area contributed by atoms with E-state index in [0.717, 1.165) is 25.9 Å². The Balaban J connectivity index is 1.53. The van der Waals surface area contributed by atoms with Crippen molar-refractivity contribution >= 4 is 35.0 Å². The third-order valence-corrected chi connectivity index (χ3v) is 7.60. The van der Waals surface area contributed by atoms with E-state index in [1.54, 1.807) is 35.2 Å². The molecule has 0 unspecified atom stereocenters. The molecule has 0 bridgehead atoms. The first kappa shape index (κ1) is 25.7. The van der Waals surface area contributed by atoms with Crippen LogP contribution in [-0.4, -0.2) is 79.4 Å². The molecule has 2 aromatic carbocycles. The average Bonchev–Trinajstić information content (AvgIpc) is 2.85. The first-order valence-corrected chi connectivity index (χ1v) is 12.6. The lowest BCUT2D eigenvalue weighted by Gasteiger charge is -2.43. The highest BCUT2D eigenvalue weighted by atomic mass is 35.5. The van der Waals surface area contributed by atoms with Gasteiger partial charge in [-0.2, -0.15) is 0 Å². The largest absolute Gasteiger partial charge is 0.493 e. The zero-order valence-corrected chi connectivity index (χ0v) is 21.3. The summed E-state index contributed by atoms with van der Waals surface area (Å²) < 4.78 is 19.4. The van der Waals surface area contributed by atoms with E-state index in [1.807, 2.05) is 11.9 Å². The van der Waals surface area contributed by atoms with E-state index in [9.17, 15) is 14.0 Å². The second kappa shape index (κ2) is 11.1. The third-order valence-electron chi connectivity index (χ3n) is 6.86. The standard InChI is InChI=1S/C26H30Cl2FN3O3/c1-30-11-13-31(14-12-30)24(33)16-26(18-35-21-6-4-20(29)5-7-21)9-2-10-32(17-26)25(34)19-3-8-22(27)23(28)15-19/h3-8,15H,2,9-14,16-18H2,1H3/t26-/m1/s1. The van der Waals surface area contributed by atoms with E-state index in [1.165, 1.54) is 12.1 Å². The van der Waals surface area contributed by atoms with Gasteiger partial charge in [-0.3, -0.25) is 9.59 Å². The summed E-state index contributed by atoms with van der Waals surface area (Å²) in [6.07, 6.45) is 1.78. The first-order valence-electron chi connectivity index (χ1n) is 11.8. The van der Waals surface area contributed by atoms with Gasteiger partial charge < -0.3 is 19.4 Å². The van der Waals surface area contributed by atoms with Gasteiger partial charge in [-0.15, -0.1) is 0 Å². The monoisotopic (exact) mass is 521 g/mol. The fourth-order valence-electron chi connectivity index (χ4n) is 4.76. The summed E-state index contributed by atoms with van der Waals surface area (Å²) in [5, 5.41) is 0.715. The average molecular weight is 522 g/mol. The van der Waals surface area contributed by atoms with E-state index in [-0.39, 0.29) is 30.7 Å². The van der Waals surface area contributed by atoms with Crippen LogP contribution in [0.1, 0.15) is 29.6 Å². The molecule has 0 aliphatic carbocycles. The molecule has 0 radical (unpaired) electrons. The van der Waals surface area contributed by atoms with Gasteiger partial charge >= 0.3 is 0 Å². The summed E-state index contributed by atoms with van der Waals surface area (Å²) in [6.45, 7) is 4.28. The molecule has 0 aromatic heterocycles. The Kier molecular flexibility index (Phi) is 8.19. The van der Waals surface area contributed by atoms with E-state index >= 15 is 0 Å². The molecular weight excluding hydrogens is 492 g/mol. The van der Waals surface area contributed by atoms with Gasteiger partial charge in [0.25, 0.3) is 5.91 Å². The van der Waals surface area contributed by atoms with Gasteiger partial charge in [0.1, 0.15) is 11.6 Å². The predicted octanol–water partition coefficient (Wildman–Crippen LogP) is 4.60. The topological polar surface area (TPSA) is 53.1 Å². The highest BCUT2D eigenvalue weighted by Gasteiger charge is 2.41. The number of hydrogen-bond donors (Lipinski definition) is 0. The molecule has 188 valence electrons. The van der Waals surface area contributed by atoms with Crippen LogP contribution in [0.15, 0.2) is 42.5 Å². The minimum Gasteiger partial charge on any atom is -0.493 e. The zero-order valence-electron chi connectivity index (χ0n) is 19.8. The van der Waals surface area contributed by atoms with E-state index in [4.69, 9.17) is 27.9 Å². The van der Waals surface area contributed by atoms with Crippen LogP contribution in [0.25, 0.3) is 0 Å². The van der Waals surface area contributed by atoms with Gasteiger partial charge in [0.15, 0.2) is 0 Å². The van der Waals surface area contributed by atoms with Gasteiger partial charge in [0, 0.05) is 56.7 Å². The van der Waals surface area contributed by atoms with Crippen LogP contribution in [-0.2, 0) is 4.79 Å². The molecule has 1 atom stereocenters. The Labute approximate surface area is 215 Å². The summed E-state index contributed by atoms with van der Waals surface area (Å²) in [7, 11) is 2.05. The maximum absolute atomic E-state index is 13.3. The quantitative estimate of drug-likeness (QED) is 0.557. The van der Waals surface area contributed by atoms with Crippen molar-refractivity contribution in [2.45, 2.75) is 19.3 Å². The molecule has 0 saturated carbocycles. The van der Waals surface area contributed by atoms with Gasteiger partial charge in [-0.1, -0.05) is 23.2 Å². The molecular formula is C26H30Cl2FN3O3. The molecule has 35 heavy (non-hydrogen) atoms. The molecule has 2 saturated heterocycles. The summed E-state index contributed by atoms with van der Waals surface area (Å²) in [4.78, 5) is 32.5. The lowest BCUT2D eigenvalue weighted by atomic mass is 9.77. The number of piperazine rings is 1. The fourth-order valence-corrected chi connectivity index (χ4v) is 5.06. The smallest absolute Gasteiger partial charge is 0.253 e. The summed E-state index contributed by atoms with van der Waals surface area (Å²) in [5.41, 5.74) is -0.0982. The van der Waals surface area contributed by atoms with E-state index in [2.05, 4.69) is 4.90 Å². The highest BCUT2D eigenvalue weighted by molar-refractivity contribution is 6.42. The van der Waals surface area contributed by atoms with Gasteiger partial charge in [-0.05, 0) is 62.4 Å². The molecule has 4 rings (SSSR count). The summed E-state index contributed by atoms with van der Waals surface area (Å²) >= 11 is 12.2. The minimum atomic E-state index is -0.557. The number of piperidine rings is 1. The van der Waals surface area contributed by atoms with Crippen molar-refractivity contribution in [1.29, 1.82) is 0 Å². The van der Waals surface area contributed by atoms with Crippen LogP contribution >= 0.6 is 23.2 Å². The Morgan fingerprint density at radius 2 is 1.69 bits per heavy atom. The van der Waals surface area contributed by atoms with E-state index < -0.39 is 5.41 Å². The fraction of sp³-hybridized carbons (Fsp3) is 0.462. The van der Waals surface area contributed by atoms with Gasteiger partial charge in [0.2, 0.25) is 5.91 Å². The van der Waals surface area contributed by atoms with Crippen molar-refractivity contribution in [3.63, 3.8) is 0 Å². The van der Waals surface area contributed by atoms with Crippen LogP contribution in [0.3, 0.4) is 0 Å². The van der Waals surface area contributed by atoms with Crippen LogP contribution in [0.4, 0.5) is 4.39 Å². The number of amides is 2.